The molecule has 1 nitrogen and oxygen atoms in total. The van der Waals surface area contributed by atoms with E-state index in [1.54, 1.807) is 0 Å². The predicted octanol–water partition coefficient (Wildman–Crippen LogP) is 4.37. The maximum absolute atomic E-state index is 3.80. The van der Waals surface area contributed by atoms with E-state index in [9.17, 15) is 0 Å². The van der Waals surface area contributed by atoms with Crippen LogP contribution in [-0.4, -0.2) is 17.5 Å². The van der Waals surface area contributed by atoms with Crippen molar-refractivity contribution >= 4 is 0 Å². The molecule has 1 rings (SSSR count). The highest BCUT2D eigenvalue weighted by molar-refractivity contribution is 5.08. The van der Waals surface area contributed by atoms with Crippen molar-refractivity contribution in [1.29, 1.82) is 0 Å². The number of hydrogen-bond acceptors (Lipinski definition) is 1. The Balaban J connectivity index is 2.68. The van der Waals surface area contributed by atoms with Gasteiger partial charge in [0.15, 0.2) is 0 Å². The third kappa shape index (κ3) is 4.03. The SMILES string of the molecule is C=C/C=C(\C)N(CC(C)C)C1CCCCC1. The molecule has 1 fully saturated rings. The van der Waals surface area contributed by atoms with Gasteiger partial charge in [0.05, 0.1) is 0 Å². The van der Waals surface area contributed by atoms with Gasteiger partial charge in [-0.1, -0.05) is 45.8 Å². The summed E-state index contributed by atoms with van der Waals surface area (Å²) in [7, 11) is 0. The normalized spacial score (nSPS) is 18.9. The van der Waals surface area contributed by atoms with E-state index in [2.05, 4.69) is 38.3 Å². The Kier molecular flexibility index (Phi) is 5.65. The van der Waals surface area contributed by atoms with Gasteiger partial charge >= 0.3 is 0 Å². The molecule has 0 aromatic heterocycles. The molecule has 0 radical (unpaired) electrons. The molecular formula is C15H27N. The van der Waals surface area contributed by atoms with Crippen LogP contribution in [0, 0.1) is 5.92 Å². The number of nitrogens with zero attached hydrogens (tertiary/aromatic N) is 1. The summed E-state index contributed by atoms with van der Waals surface area (Å²) in [6, 6.07) is 0.771. The van der Waals surface area contributed by atoms with Crippen LogP contribution >= 0.6 is 0 Å². The molecule has 0 saturated heterocycles. The lowest BCUT2D eigenvalue weighted by Gasteiger charge is -2.38. The molecule has 0 aromatic rings. The van der Waals surface area contributed by atoms with Crippen LogP contribution in [0.25, 0.3) is 0 Å². The highest BCUT2D eigenvalue weighted by atomic mass is 15.2. The van der Waals surface area contributed by atoms with E-state index in [1.807, 2.05) is 6.08 Å². The van der Waals surface area contributed by atoms with E-state index in [-0.39, 0.29) is 0 Å². The van der Waals surface area contributed by atoms with Crippen LogP contribution < -0.4 is 0 Å². The van der Waals surface area contributed by atoms with Crippen LogP contribution in [0.3, 0.4) is 0 Å². The molecule has 0 atom stereocenters. The van der Waals surface area contributed by atoms with Gasteiger partial charge in [-0.3, -0.25) is 0 Å². The standard InChI is InChI=1S/C15H27N/c1-5-9-14(4)16(12-13(2)3)15-10-7-6-8-11-15/h5,9,13,15H,1,6-8,10-12H2,2-4H3/b14-9+. The fourth-order valence-electron chi connectivity index (χ4n) is 2.63. The average molecular weight is 221 g/mol. The van der Waals surface area contributed by atoms with Gasteiger partial charge in [0, 0.05) is 18.3 Å². The quantitative estimate of drug-likeness (QED) is 0.623. The summed E-state index contributed by atoms with van der Waals surface area (Å²) in [6.07, 6.45) is 11.0. The van der Waals surface area contributed by atoms with E-state index in [0.29, 0.717) is 0 Å². The summed E-state index contributed by atoms with van der Waals surface area (Å²) in [5.41, 5.74) is 1.38. The first-order valence-electron chi connectivity index (χ1n) is 6.71. The molecule has 0 N–H and O–H groups in total. The summed E-state index contributed by atoms with van der Waals surface area (Å²) in [6.45, 7) is 11.8. The fraction of sp³-hybridized carbons (Fsp3) is 0.733. The van der Waals surface area contributed by atoms with Gasteiger partial charge in [0.2, 0.25) is 0 Å². The van der Waals surface area contributed by atoms with Crippen LogP contribution in [0.1, 0.15) is 52.9 Å². The van der Waals surface area contributed by atoms with Gasteiger partial charge in [-0.2, -0.15) is 0 Å². The Morgan fingerprint density at radius 1 is 1.31 bits per heavy atom. The van der Waals surface area contributed by atoms with Crippen LogP contribution in [0.2, 0.25) is 0 Å². The second-order valence-corrected chi connectivity index (χ2v) is 5.38. The van der Waals surface area contributed by atoms with Gasteiger partial charge < -0.3 is 4.90 Å². The molecule has 1 aliphatic rings. The molecule has 16 heavy (non-hydrogen) atoms. The lowest BCUT2D eigenvalue weighted by atomic mass is 9.93. The zero-order valence-electron chi connectivity index (χ0n) is 11.2. The predicted molar refractivity (Wildman–Crippen MR) is 72.4 cm³/mol. The van der Waals surface area contributed by atoms with Crippen LogP contribution in [-0.2, 0) is 0 Å². The number of hydrogen-bond donors (Lipinski definition) is 0. The molecule has 0 amide bonds. The fourth-order valence-corrected chi connectivity index (χ4v) is 2.63. The Hall–Kier alpha value is -0.720. The van der Waals surface area contributed by atoms with Crippen molar-refractivity contribution in [3.63, 3.8) is 0 Å². The van der Waals surface area contributed by atoms with Crippen LogP contribution in [0.5, 0.6) is 0 Å². The highest BCUT2D eigenvalue weighted by Crippen LogP contribution is 2.26. The van der Waals surface area contributed by atoms with E-state index >= 15 is 0 Å². The van der Waals surface area contributed by atoms with Gasteiger partial charge in [-0.05, 0) is 31.8 Å². The summed E-state index contributed by atoms with van der Waals surface area (Å²) < 4.78 is 0. The maximum atomic E-state index is 3.80. The summed E-state index contributed by atoms with van der Waals surface area (Å²) in [5.74, 6) is 0.732. The molecule has 92 valence electrons. The molecule has 0 heterocycles. The maximum Gasteiger partial charge on any atom is 0.0286 e. The van der Waals surface area contributed by atoms with Crippen molar-refractivity contribution in [1.82, 2.24) is 4.90 Å². The molecule has 1 saturated carbocycles. The molecule has 0 aromatic carbocycles. The van der Waals surface area contributed by atoms with Crippen LogP contribution in [0.4, 0.5) is 0 Å². The minimum Gasteiger partial charge on any atom is -0.372 e. The zero-order valence-corrected chi connectivity index (χ0v) is 11.2. The molecule has 1 aliphatic carbocycles. The topological polar surface area (TPSA) is 3.24 Å². The minimum atomic E-state index is 0.732. The largest absolute Gasteiger partial charge is 0.372 e. The number of rotatable bonds is 5. The van der Waals surface area contributed by atoms with E-state index in [4.69, 9.17) is 0 Å². The van der Waals surface area contributed by atoms with Crippen molar-refractivity contribution in [3.05, 3.63) is 24.4 Å². The smallest absolute Gasteiger partial charge is 0.0286 e. The lowest BCUT2D eigenvalue weighted by Crippen LogP contribution is -2.37. The van der Waals surface area contributed by atoms with Gasteiger partial charge in [-0.15, -0.1) is 0 Å². The van der Waals surface area contributed by atoms with Crippen LogP contribution in [0.15, 0.2) is 24.4 Å². The van der Waals surface area contributed by atoms with Crippen molar-refractivity contribution in [2.45, 2.75) is 58.9 Å². The third-order valence-corrected chi connectivity index (χ3v) is 3.39. The third-order valence-electron chi connectivity index (χ3n) is 3.39. The first-order valence-corrected chi connectivity index (χ1v) is 6.71. The molecule has 0 unspecified atom stereocenters. The second-order valence-electron chi connectivity index (χ2n) is 5.38. The monoisotopic (exact) mass is 221 g/mol. The van der Waals surface area contributed by atoms with Gasteiger partial charge in [-0.25, -0.2) is 0 Å². The van der Waals surface area contributed by atoms with E-state index in [1.165, 1.54) is 44.3 Å². The second kappa shape index (κ2) is 6.78. The van der Waals surface area contributed by atoms with Crippen molar-refractivity contribution < 1.29 is 0 Å². The summed E-state index contributed by atoms with van der Waals surface area (Å²) in [4.78, 5) is 2.60. The molecule has 1 heteroatoms. The van der Waals surface area contributed by atoms with Crippen molar-refractivity contribution in [3.8, 4) is 0 Å². The molecular weight excluding hydrogens is 194 g/mol. The first-order chi connectivity index (χ1) is 7.65. The highest BCUT2D eigenvalue weighted by Gasteiger charge is 2.21. The van der Waals surface area contributed by atoms with E-state index < -0.39 is 0 Å². The van der Waals surface area contributed by atoms with Crippen molar-refractivity contribution in [2.24, 2.45) is 5.92 Å². The number of allylic oxidation sites excluding steroid dienone is 3. The Morgan fingerprint density at radius 3 is 2.44 bits per heavy atom. The average Bonchev–Trinajstić information content (AvgIpc) is 2.27. The minimum absolute atomic E-state index is 0.732. The summed E-state index contributed by atoms with van der Waals surface area (Å²) in [5, 5.41) is 0. The Morgan fingerprint density at radius 2 is 1.94 bits per heavy atom. The van der Waals surface area contributed by atoms with E-state index in [0.717, 1.165) is 12.0 Å². The lowest BCUT2D eigenvalue weighted by molar-refractivity contribution is 0.182. The molecule has 0 bridgehead atoms. The summed E-state index contributed by atoms with van der Waals surface area (Å²) >= 11 is 0. The van der Waals surface area contributed by atoms with Gasteiger partial charge in [0.1, 0.15) is 0 Å². The molecule has 0 aliphatic heterocycles. The van der Waals surface area contributed by atoms with Crippen molar-refractivity contribution in [2.75, 3.05) is 6.54 Å². The Bertz CT molecular complexity index is 234. The molecule has 0 spiro atoms. The Labute approximate surface area is 101 Å². The van der Waals surface area contributed by atoms with Gasteiger partial charge in [0.25, 0.3) is 0 Å². The first kappa shape index (κ1) is 13.3. The zero-order chi connectivity index (χ0) is 12.0.